The molecule has 1 aliphatic heterocycles. The van der Waals surface area contributed by atoms with Crippen molar-refractivity contribution < 1.29 is 17.9 Å². The lowest BCUT2D eigenvalue weighted by atomic mass is 10.2. The summed E-state index contributed by atoms with van der Waals surface area (Å²) in [7, 11) is 0.584. The third kappa shape index (κ3) is 4.60. The lowest BCUT2D eigenvalue weighted by Crippen LogP contribution is -2.37. The van der Waals surface area contributed by atoms with Crippen LogP contribution in [-0.4, -0.2) is 59.0 Å². The highest BCUT2D eigenvalue weighted by molar-refractivity contribution is 7.89. The number of hydrogen-bond donors (Lipinski definition) is 2. The Bertz CT molecular complexity index is 673. The average molecular weight is 378 g/mol. The first-order chi connectivity index (χ1) is 10.9. The molecule has 7 nitrogen and oxygen atoms in total. The summed E-state index contributed by atoms with van der Waals surface area (Å²) in [6.45, 7) is 1.49. The van der Waals surface area contributed by atoms with Crippen LogP contribution in [-0.2, 0) is 10.0 Å². The van der Waals surface area contributed by atoms with Gasteiger partial charge in [0.1, 0.15) is 10.6 Å². The van der Waals surface area contributed by atoms with Crippen LogP contribution in [0.4, 0.5) is 0 Å². The van der Waals surface area contributed by atoms with Crippen LogP contribution in [0.5, 0.6) is 5.75 Å². The first-order valence-electron chi connectivity index (χ1n) is 7.48. The maximum absolute atomic E-state index is 12.4. The molecule has 136 valence electrons. The SMILES string of the molecule is COc1ccc(C(=O)NCC2CCCN2)cc1S(=O)(=O)N(C)C.Cl. The van der Waals surface area contributed by atoms with Gasteiger partial charge in [-0.3, -0.25) is 4.79 Å². The number of amides is 1. The van der Waals surface area contributed by atoms with Gasteiger partial charge in [-0.15, -0.1) is 12.4 Å². The van der Waals surface area contributed by atoms with E-state index in [4.69, 9.17) is 4.74 Å². The lowest BCUT2D eigenvalue weighted by molar-refractivity contribution is 0.0950. The van der Waals surface area contributed by atoms with Crippen LogP contribution in [0, 0.1) is 0 Å². The number of carbonyl (C=O) groups is 1. The highest BCUT2D eigenvalue weighted by Gasteiger charge is 2.24. The number of sulfonamides is 1. The lowest BCUT2D eigenvalue weighted by Gasteiger charge is -2.16. The van der Waals surface area contributed by atoms with Crippen molar-refractivity contribution in [3.05, 3.63) is 23.8 Å². The van der Waals surface area contributed by atoms with Gasteiger partial charge in [0.25, 0.3) is 5.91 Å². The maximum Gasteiger partial charge on any atom is 0.251 e. The molecule has 1 amide bonds. The summed E-state index contributed by atoms with van der Waals surface area (Å²) >= 11 is 0. The van der Waals surface area contributed by atoms with E-state index in [2.05, 4.69) is 10.6 Å². The van der Waals surface area contributed by atoms with E-state index >= 15 is 0 Å². The summed E-state index contributed by atoms with van der Waals surface area (Å²) in [6.07, 6.45) is 2.14. The van der Waals surface area contributed by atoms with E-state index in [-0.39, 0.29) is 35.0 Å². The first kappa shape index (κ1) is 20.7. The van der Waals surface area contributed by atoms with E-state index < -0.39 is 10.0 Å². The van der Waals surface area contributed by atoms with Gasteiger partial charge in [0.05, 0.1) is 7.11 Å². The predicted octanol–water partition coefficient (Wildman–Crippen LogP) is 0.849. The molecule has 0 radical (unpaired) electrons. The van der Waals surface area contributed by atoms with E-state index in [0.717, 1.165) is 23.7 Å². The molecule has 1 atom stereocenters. The summed E-state index contributed by atoms with van der Waals surface area (Å²) in [6, 6.07) is 4.69. The minimum Gasteiger partial charge on any atom is -0.495 e. The predicted molar refractivity (Wildman–Crippen MR) is 94.5 cm³/mol. The van der Waals surface area contributed by atoms with Crippen molar-refractivity contribution in [1.82, 2.24) is 14.9 Å². The number of halogens is 1. The Morgan fingerprint density at radius 1 is 1.42 bits per heavy atom. The van der Waals surface area contributed by atoms with Crippen molar-refractivity contribution in [2.45, 2.75) is 23.8 Å². The zero-order chi connectivity index (χ0) is 17.0. The van der Waals surface area contributed by atoms with Gasteiger partial charge in [-0.05, 0) is 37.6 Å². The van der Waals surface area contributed by atoms with Gasteiger partial charge in [-0.25, -0.2) is 12.7 Å². The van der Waals surface area contributed by atoms with E-state index in [1.165, 1.54) is 33.3 Å². The van der Waals surface area contributed by atoms with Crippen molar-refractivity contribution in [2.24, 2.45) is 0 Å². The van der Waals surface area contributed by atoms with Crippen molar-refractivity contribution in [3.8, 4) is 5.75 Å². The van der Waals surface area contributed by atoms with Crippen LogP contribution in [0.2, 0.25) is 0 Å². The molecule has 24 heavy (non-hydrogen) atoms. The Hall–Kier alpha value is -1.35. The minimum absolute atomic E-state index is 0. The molecule has 2 N–H and O–H groups in total. The number of hydrogen-bond acceptors (Lipinski definition) is 5. The van der Waals surface area contributed by atoms with E-state index in [0.29, 0.717) is 12.1 Å². The third-order valence-corrected chi connectivity index (χ3v) is 5.69. The monoisotopic (exact) mass is 377 g/mol. The smallest absolute Gasteiger partial charge is 0.251 e. The van der Waals surface area contributed by atoms with Crippen LogP contribution < -0.4 is 15.4 Å². The molecule has 1 aromatic carbocycles. The van der Waals surface area contributed by atoms with Crippen molar-refractivity contribution in [1.29, 1.82) is 0 Å². The maximum atomic E-state index is 12.4. The molecule has 1 heterocycles. The fourth-order valence-electron chi connectivity index (χ4n) is 2.47. The van der Waals surface area contributed by atoms with Gasteiger partial charge in [-0.2, -0.15) is 0 Å². The molecule has 0 bridgehead atoms. The van der Waals surface area contributed by atoms with E-state index in [1.54, 1.807) is 6.07 Å². The molecule has 0 aromatic heterocycles. The molecular formula is C15H24ClN3O4S. The summed E-state index contributed by atoms with van der Waals surface area (Å²) in [5.74, 6) is -0.0794. The second-order valence-electron chi connectivity index (χ2n) is 5.66. The second kappa shape index (κ2) is 8.66. The summed E-state index contributed by atoms with van der Waals surface area (Å²) in [4.78, 5) is 12.2. The van der Waals surface area contributed by atoms with Crippen LogP contribution in [0.25, 0.3) is 0 Å². The Morgan fingerprint density at radius 2 is 2.12 bits per heavy atom. The fraction of sp³-hybridized carbons (Fsp3) is 0.533. The molecule has 1 aromatic rings. The quantitative estimate of drug-likeness (QED) is 0.767. The molecular weight excluding hydrogens is 354 g/mol. The molecule has 9 heteroatoms. The summed E-state index contributed by atoms with van der Waals surface area (Å²) in [5.41, 5.74) is 0.296. The fourth-order valence-corrected chi connectivity index (χ4v) is 3.54. The number of rotatable bonds is 6. The topological polar surface area (TPSA) is 87.7 Å². The van der Waals surface area contributed by atoms with Crippen LogP contribution >= 0.6 is 12.4 Å². The van der Waals surface area contributed by atoms with Crippen LogP contribution in [0.15, 0.2) is 23.1 Å². The van der Waals surface area contributed by atoms with Crippen molar-refractivity contribution in [2.75, 3.05) is 34.3 Å². The van der Waals surface area contributed by atoms with Gasteiger partial charge in [0.15, 0.2) is 0 Å². The van der Waals surface area contributed by atoms with Gasteiger partial charge in [0, 0.05) is 32.2 Å². The number of benzene rings is 1. The molecule has 0 saturated carbocycles. The van der Waals surface area contributed by atoms with E-state index in [1.807, 2.05) is 0 Å². The van der Waals surface area contributed by atoms with Crippen molar-refractivity contribution in [3.63, 3.8) is 0 Å². The third-order valence-electron chi connectivity index (χ3n) is 3.86. The minimum atomic E-state index is -3.69. The average Bonchev–Trinajstić information content (AvgIpc) is 3.05. The second-order valence-corrected chi connectivity index (χ2v) is 7.78. The van der Waals surface area contributed by atoms with Gasteiger partial charge in [-0.1, -0.05) is 0 Å². The Balaban J connectivity index is 0.00000288. The highest BCUT2D eigenvalue weighted by atomic mass is 35.5. The summed E-state index contributed by atoms with van der Waals surface area (Å²) in [5, 5.41) is 6.13. The number of nitrogens with one attached hydrogen (secondary N) is 2. The number of carbonyl (C=O) groups excluding carboxylic acids is 1. The summed E-state index contributed by atoms with van der Waals surface area (Å²) < 4.78 is 30.9. The molecule has 1 unspecified atom stereocenters. The Kier molecular flexibility index (Phi) is 7.47. The normalized spacial score (nSPS) is 17.4. The molecule has 0 spiro atoms. The van der Waals surface area contributed by atoms with Crippen molar-refractivity contribution >= 4 is 28.3 Å². The van der Waals surface area contributed by atoms with Gasteiger partial charge in [0.2, 0.25) is 10.0 Å². The number of methoxy groups -OCH3 is 1. The molecule has 2 rings (SSSR count). The van der Waals surface area contributed by atoms with Gasteiger partial charge < -0.3 is 15.4 Å². The molecule has 1 saturated heterocycles. The molecule has 0 aliphatic carbocycles. The first-order valence-corrected chi connectivity index (χ1v) is 8.92. The molecule has 1 aliphatic rings. The standard InChI is InChI=1S/C15H23N3O4S.ClH/c1-18(2)23(20,21)14-9-11(6-7-13(14)22-3)15(19)17-10-12-5-4-8-16-12;/h6-7,9,12,16H,4-5,8,10H2,1-3H3,(H,17,19);1H. The molecule has 1 fully saturated rings. The van der Waals surface area contributed by atoms with Crippen LogP contribution in [0.1, 0.15) is 23.2 Å². The van der Waals surface area contributed by atoms with E-state index in [9.17, 15) is 13.2 Å². The highest BCUT2D eigenvalue weighted by Crippen LogP contribution is 2.26. The number of nitrogens with zero attached hydrogens (tertiary/aromatic N) is 1. The zero-order valence-corrected chi connectivity index (χ0v) is 15.7. The number of ether oxygens (including phenoxy) is 1. The Labute approximate surface area is 149 Å². The zero-order valence-electron chi connectivity index (χ0n) is 14.0. The largest absolute Gasteiger partial charge is 0.495 e. The van der Waals surface area contributed by atoms with Crippen LogP contribution in [0.3, 0.4) is 0 Å². The Morgan fingerprint density at radius 3 is 2.67 bits per heavy atom. The van der Waals surface area contributed by atoms with Gasteiger partial charge >= 0.3 is 0 Å².